The number of aliphatic hydroxyl groups excluding tert-OH is 1. The van der Waals surface area contributed by atoms with Crippen LogP contribution >= 0.6 is 0 Å². The molecular weight excluding hydrogens is 723 g/mol. The Bertz CT molecular complexity index is 2140. The summed E-state index contributed by atoms with van der Waals surface area (Å²) >= 11 is 0. The summed E-state index contributed by atoms with van der Waals surface area (Å²) in [5.41, 5.74) is 3.76. The molecule has 292 valence electrons. The first kappa shape index (κ1) is 37.9. The first-order valence-corrected chi connectivity index (χ1v) is 22.8. The van der Waals surface area contributed by atoms with Gasteiger partial charge >= 0.3 is 0 Å². The van der Waals surface area contributed by atoms with Crippen molar-refractivity contribution in [3.63, 3.8) is 0 Å². The van der Waals surface area contributed by atoms with Crippen molar-refractivity contribution in [2.75, 3.05) is 37.2 Å². The molecule has 5 atom stereocenters. The van der Waals surface area contributed by atoms with E-state index in [4.69, 9.17) is 14.2 Å². The van der Waals surface area contributed by atoms with Crippen LogP contribution in [0.15, 0.2) is 91.0 Å². The van der Waals surface area contributed by atoms with Gasteiger partial charge in [0, 0.05) is 30.1 Å². The summed E-state index contributed by atoms with van der Waals surface area (Å²) in [6.07, 6.45) is 2.37. The summed E-state index contributed by atoms with van der Waals surface area (Å²) in [7, 11) is 0.779. The Hall–Kier alpha value is -4.97. The monoisotopic (exact) mass is 773 g/mol. The molecule has 1 spiro atoms. The number of ether oxygens (including phenoxy) is 3. The smallest absolute Gasteiger partial charge is 0.264 e. The van der Waals surface area contributed by atoms with Crippen molar-refractivity contribution in [3.8, 4) is 11.5 Å². The number of anilines is 3. The Morgan fingerprint density at radius 3 is 2.34 bits per heavy atom. The summed E-state index contributed by atoms with van der Waals surface area (Å²) in [6, 6.07) is 29.6. The zero-order chi connectivity index (χ0) is 39.4. The number of rotatable bonds is 10. The molecule has 2 fully saturated rings. The number of nitrogens with zero attached hydrogens (tertiary/aromatic N) is 3. The van der Waals surface area contributed by atoms with Crippen LogP contribution in [0.3, 0.4) is 0 Å². The molecule has 0 aliphatic carbocycles. The van der Waals surface area contributed by atoms with Gasteiger partial charge in [0.15, 0.2) is 5.60 Å². The molecule has 0 unspecified atom stereocenters. The topological polar surface area (TPSA) is 109 Å². The highest BCUT2D eigenvalue weighted by atomic mass is 28.3. The summed E-state index contributed by atoms with van der Waals surface area (Å²) in [6.45, 7) is 7.55. The second-order valence-corrected chi connectivity index (χ2v) is 20.9. The number of aryl methyl sites for hydroxylation is 1. The third-order valence-corrected chi connectivity index (χ3v) is 17.3. The first-order chi connectivity index (χ1) is 27.0. The van der Waals surface area contributed by atoms with E-state index in [-0.39, 0.29) is 48.3 Å². The van der Waals surface area contributed by atoms with Gasteiger partial charge in [-0.3, -0.25) is 19.3 Å². The maximum absolute atomic E-state index is 15.4. The van der Waals surface area contributed by atoms with Gasteiger partial charge in [0.05, 0.1) is 65.4 Å². The number of hydrogen-bond donors (Lipinski definition) is 1. The lowest BCUT2D eigenvalue weighted by Crippen LogP contribution is -2.52. The van der Waals surface area contributed by atoms with Crippen molar-refractivity contribution < 1.29 is 33.7 Å². The Labute approximate surface area is 330 Å². The number of amides is 3. The summed E-state index contributed by atoms with van der Waals surface area (Å²) in [5, 5.41) is 11.3. The fraction of sp³-hybridized carbons (Fsp3) is 0.400. The molecule has 3 amide bonds. The molecule has 0 radical (unpaired) electrons. The van der Waals surface area contributed by atoms with E-state index in [1.165, 1.54) is 5.19 Å². The number of carbonyl (C=O) groups excluding carboxylic acids is 3. The fourth-order valence-electron chi connectivity index (χ4n) is 10.1. The van der Waals surface area contributed by atoms with E-state index in [1.807, 2.05) is 77.7 Å². The Morgan fingerprint density at radius 1 is 0.911 bits per heavy atom. The number of methoxy groups -OCH3 is 2. The van der Waals surface area contributed by atoms with Gasteiger partial charge in [0.2, 0.25) is 11.8 Å². The fourth-order valence-corrected chi connectivity index (χ4v) is 14.1. The van der Waals surface area contributed by atoms with Gasteiger partial charge in [-0.2, -0.15) is 0 Å². The Morgan fingerprint density at radius 2 is 1.62 bits per heavy atom. The van der Waals surface area contributed by atoms with Crippen LogP contribution in [0.4, 0.5) is 17.1 Å². The number of para-hydroxylation sites is 1. The molecular formula is C45H51N3O7Si. The van der Waals surface area contributed by atoms with Gasteiger partial charge in [0.25, 0.3) is 5.91 Å². The molecule has 2 saturated heterocycles. The van der Waals surface area contributed by atoms with Crippen LogP contribution in [-0.4, -0.2) is 75.3 Å². The Kier molecular flexibility index (Phi) is 10.0. The van der Waals surface area contributed by atoms with E-state index in [2.05, 4.69) is 38.2 Å². The highest BCUT2D eigenvalue weighted by Crippen LogP contribution is 2.60. The molecule has 0 saturated carbocycles. The number of likely N-dealkylation sites (tertiary alicyclic amines) is 1. The van der Waals surface area contributed by atoms with Gasteiger partial charge in [-0.25, -0.2) is 0 Å². The van der Waals surface area contributed by atoms with Crippen molar-refractivity contribution >= 4 is 48.0 Å². The van der Waals surface area contributed by atoms with Crippen molar-refractivity contribution in [1.82, 2.24) is 4.90 Å². The average Bonchev–Trinajstić information content (AvgIpc) is 3.88. The number of hydrogen-bond acceptors (Lipinski definition) is 7. The molecule has 4 aliphatic heterocycles. The van der Waals surface area contributed by atoms with Crippen LogP contribution in [0.25, 0.3) is 0 Å². The van der Waals surface area contributed by atoms with Crippen LogP contribution < -0.4 is 24.5 Å². The van der Waals surface area contributed by atoms with E-state index in [9.17, 15) is 14.7 Å². The molecule has 4 heterocycles. The second-order valence-electron chi connectivity index (χ2n) is 16.2. The molecule has 56 heavy (non-hydrogen) atoms. The van der Waals surface area contributed by atoms with E-state index < -0.39 is 19.8 Å². The minimum atomic E-state index is -2.49. The molecule has 4 aromatic carbocycles. The van der Waals surface area contributed by atoms with E-state index >= 15 is 4.79 Å². The lowest BCUT2D eigenvalue weighted by atomic mass is 9.82. The van der Waals surface area contributed by atoms with Gasteiger partial charge in [-0.1, -0.05) is 67.7 Å². The highest BCUT2D eigenvalue weighted by Gasteiger charge is 2.66. The van der Waals surface area contributed by atoms with Crippen LogP contribution in [0.5, 0.6) is 11.5 Å². The quantitative estimate of drug-likeness (QED) is 0.185. The normalized spacial score (nSPS) is 24.5. The summed E-state index contributed by atoms with van der Waals surface area (Å²) < 4.78 is 18.5. The SMILES string of the molecule is COc1ccc([Si](C)(C)[C@@H]2[C@@H](CC(=O)N3CCC[C@H]3CO)O[C@]3(C(=O)N(Cc4ccc(N5C(=O)CCc6ccccc65)cc4)c4ccc(OC)cc43)[C@H]2C)cc1. The van der Waals surface area contributed by atoms with Crippen molar-refractivity contribution in [2.24, 2.45) is 5.92 Å². The molecule has 8 rings (SSSR count). The maximum atomic E-state index is 15.4. The lowest BCUT2D eigenvalue weighted by molar-refractivity contribution is -0.150. The van der Waals surface area contributed by atoms with Crippen LogP contribution in [0, 0.1) is 5.92 Å². The number of carbonyl (C=O) groups is 3. The molecule has 4 aromatic rings. The van der Waals surface area contributed by atoms with Crippen molar-refractivity contribution in [3.05, 3.63) is 108 Å². The standard InChI is InChI=1S/C45H51N3O7Si/c1-29-43(56(4,5)36-20-17-34(53-2)18-21-36)40(26-42(51)46-24-8-10-33(46)28-49)55-45(29)37-25-35(54-3)19-22-39(37)47(44(45)52)27-30-12-15-32(16-13-30)48-38-11-7-6-9-31(38)14-23-41(48)50/h6-7,9,11-13,15-22,25,29,33,40,43,49H,8,10,14,23-24,26-28H2,1-5H3/t29-,33-,40+,43-,45+/m0/s1. The predicted octanol–water partition coefficient (Wildman–Crippen LogP) is 6.45. The minimum Gasteiger partial charge on any atom is -0.497 e. The minimum absolute atomic E-state index is 0.0524. The Balaban J connectivity index is 1.16. The van der Waals surface area contributed by atoms with E-state index in [0.717, 1.165) is 58.8 Å². The largest absolute Gasteiger partial charge is 0.497 e. The van der Waals surface area contributed by atoms with Gasteiger partial charge < -0.3 is 29.1 Å². The zero-order valence-corrected chi connectivity index (χ0v) is 33.9. The maximum Gasteiger partial charge on any atom is 0.264 e. The van der Waals surface area contributed by atoms with E-state index in [1.54, 1.807) is 24.0 Å². The number of fused-ring (bicyclic) bond motifs is 3. The lowest BCUT2D eigenvalue weighted by Gasteiger charge is -2.37. The van der Waals surface area contributed by atoms with Crippen LogP contribution in [0.2, 0.25) is 18.6 Å². The molecule has 11 heteroatoms. The zero-order valence-electron chi connectivity index (χ0n) is 32.9. The summed E-state index contributed by atoms with van der Waals surface area (Å²) in [5.74, 6) is 0.935. The predicted molar refractivity (Wildman–Crippen MR) is 219 cm³/mol. The van der Waals surface area contributed by atoms with Gasteiger partial charge in [-0.05, 0) is 84.5 Å². The molecule has 10 nitrogen and oxygen atoms in total. The number of benzene rings is 4. The second kappa shape index (κ2) is 14.8. The summed E-state index contributed by atoms with van der Waals surface area (Å²) in [4.78, 5) is 48.0. The molecule has 0 bridgehead atoms. The molecule has 4 aliphatic rings. The van der Waals surface area contributed by atoms with Crippen LogP contribution in [0.1, 0.15) is 49.3 Å². The number of aliphatic hydroxyl groups is 1. The van der Waals surface area contributed by atoms with Crippen molar-refractivity contribution in [2.45, 2.75) is 82.0 Å². The third-order valence-electron chi connectivity index (χ3n) is 13.0. The van der Waals surface area contributed by atoms with E-state index in [0.29, 0.717) is 25.3 Å². The van der Waals surface area contributed by atoms with Gasteiger partial charge in [0.1, 0.15) is 11.5 Å². The third kappa shape index (κ3) is 6.20. The van der Waals surface area contributed by atoms with Crippen molar-refractivity contribution in [1.29, 1.82) is 0 Å². The molecule has 0 aromatic heterocycles. The van der Waals surface area contributed by atoms with Crippen LogP contribution in [-0.2, 0) is 37.7 Å². The first-order valence-electron chi connectivity index (χ1n) is 19.7. The average molecular weight is 774 g/mol. The molecule has 1 N–H and O–H groups in total. The van der Waals surface area contributed by atoms with Gasteiger partial charge in [-0.15, -0.1) is 0 Å². The highest BCUT2D eigenvalue weighted by molar-refractivity contribution is 6.91.